The summed E-state index contributed by atoms with van der Waals surface area (Å²) in [5, 5.41) is 11.4. The van der Waals surface area contributed by atoms with E-state index in [4.69, 9.17) is 10.00 Å². The molecule has 9 heteroatoms. The number of anilines is 1. The van der Waals surface area contributed by atoms with E-state index < -0.39 is 28.0 Å². The maximum Gasteiger partial charge on any atom is 0.338 e. The molecule has 0 spiro atoms. The number of carbonyl (C=O) groups excluding carboxylic acids is 2. The molecule has 0 bridgehead atoms. The summed E-state index contributed by atoms with van der Waals surface area (Å²) in [7, 11) is -0.939. The van der Waals surface area contributed by atoms with Crippen molar-refractivity contribution >= 4 is 27.6 Å². The highest BCUT2D eigenvalue weighted by Crippen LogP contribution is 2.16. The minimum absolute atomic E-state index is 0.00838. The highest BCUT2D eigenvalue weighted by atomic mass is 32.2. The molecule has 0 radical (unpaired) electrons. The van der Waals surface area contributed by atoms with Crippen molar-refractivity contribution in [1.82, 2.24) is 4.31 Å². The number of sulfonamides is 1. The first kappa shape index (κ1) is 21.1. The van der Waals surface area contributed by atoms with E-state index in [1.807, 2.05) is 6.07 Å². The van der Waals surface area contributed by atoms with E-state index in [1.54, 1.807) is 18.2 Å². The molecule has 0 fully saturated rings. The van der Waals surface area contributed by atoms with Crippen LogP contribution < -0.4 is 5.32 Å². The molecule has 2 rings (SSSR count). The van der Waals surface area contributed by atoms with Crippen molar-refractivity contribution in [2.24, 2.45) is 0 Å². The maximum absolute atomic E-state index is 12.3. The molecule has 0 saturated carbocycles. The van der Waals surface area contributed by atoms with Gasteiger partial charge in [-0.15, -0.1) is 0 Å². The summed E-state index contributed by atoms with van der Waals surface area (Å²) in [6.07, 6.45) is -1.13. The van der Waals surface area contributed by atoms with Crippen molar-refractivity contribution in [2.75, 3.05) is 19.4 Å². The topological polar surface area (TPSA) is 117 Å². The van der Waals surface area contributed by atoms with Crippen molar-refractivity contribution in [1.29, 1.82) is 5.26 Å². The number of hydrogen-bond donors (Lipinski definition) is 1. The van der Waals surface area contributed by atoms with Crippen LogP contribution in [0.3, 0.4) is 0 Å². The molecule has 1 unspecified atom stereocenters. The zero-order chi connectivity index (χ0) is 20.9. The second-order valence-corrected chi connectivity index (χ2v) is 8.20. The maximum atomic E-state index is 12.3. The normalized spacial score (nSPS) is 12.1. The van der Waals surface area contributed by atoms with E-state index in [0.717, 1.165) is 4.31 Å². The summed E-state index contributed by atoms with van der Waals surface area (Å²) in [4.78, 5) is 24.5. The van der Waals surface area contributed by atoms with Crippen LogP contribution >= 0.6 is 0 Å². The van der Waals surface area contributed by atoms with Gasteiger partial charge in [0.1, 0.15) is 0 Å². The van der Waals surface area contributed by atoms with Gasteiger partial charge < -0.3 is 10.1 Å². The number of nitrogens with zero attached hydrogens (tertiary/aromatic N) is 2. The molecule has 1 atom stereocenters. The first-order valence-corrected chi connectivity index (χ1v) is 9.63. The van der Waals surface area contributed by atoms with E-state index in [2.05, 4.69) is 5.32 Å². The molecule has 0 saturated heterocycles. The first-order chi connectivity index (χ1) is 13.1. The van der Waals surface area contributed by atoms with Gasteiger partial charge in [0.2, 0.25) is 10.0 Å². The molecule has 28 heavy (non-hydrogen) atoms. The number of esters is 1. The third-order valence-corrected chi connectivity index (χ3v) is 5.57. The Bertz CT molecular complexity index is 1040. The van der Waals surface area contributed by atoms with Crippen LogP contribution in [0.5, 0.6) is 0 Å². The third kappa shape index (κ3) is 4.94. The summed E-state index contributed by atoms with van der Waals surface area (Å²) in [6.45, 7) is 1.39. The standard InChI is InChI=1S/C19H19N3O5S/c1-13(18(23)21-16-8-4-6-14(10-16)12-20)27-19(24)15-7-5-9-17(11-15)28(25,26)22(2)3/h4-11,13H,1-3H3,(H,21,23). The largest absolute Gasteiger partial charge is 0.449 e. The Balaban J connectivity index is 2.10. The van der Waals surface area contributed by atoms with Gasteiger partial charge in [-0.25, -0.2) is 17.5 Å². The van der Waals surface area contributed by atoms with E-state index in [1.165, 1.54) is 51.4 Å². The second-order valence-electron chi connectivity index (χ2n) is 6.04. The minimum atomic E-state index is -3.71. The average molecular weight is 401 g/mol. The van der Waals surface area contributed by atoms with E-state index in [0.29, 0.717) is 11.3 Å². The van der Waals surface area contributed by atoms with Crippen LogP contribution in [0.1, 0.15) is 22.8 Å². The second kappa shape index (κ2) is 8.65. The smallest absolute Gasteiger partial charge is 0.338 e. The van der Waals surface area contributed by atoms with Crippen LogP contribution in [0, 0.1) is 11.3 Å². The van der Waals surface area contributed by atoms with E-state index >= 15 is 0 Å². The van der Waals surface area contributed by atoms with Crippen LogP contribution in [0.2, 0.25) is 0 Å². The van der Waals surface area contributed by atoms with Gasteiger partial charge in [-0.1, -0.05) is 12.1 Å². The summed E-state index contributed by atoms with van der Waals surface area (Å²) in [5.74, 6) is -1.41. The quantitative estimate of drug-likeness (QED) is 0.740. The van der Waals surface area contributed by atoms with Gasteiger partial charge >= 0.3 is 5.97 Å². The van der Waals surface area contributed by atoms with Crippen molar-refractivity contribution in [3.8, 4) is 6.07 Å². The zero-order valence-corrected chi connectivity index (χ0v) is 16.4. The number of hydrogen-bond acceptors (Lipinski definition) is 6. The summed E-state index contributed by atoms with van der Waals surface area (Å²) in [6, 6.07) is 13.6. The fraction of sp³-hybridized carbons (Fsp3) is 0.211. The Labute approximate surface area is 163 Å². The molecule has 1 amide bonds. The Morgan fingerprint density at radius 1 is 1.14 bits per heavy atom. The Morgan fingerprint density at radius 3 is 2.46 bits per heavy atom. The number of benzene rings is 2. The molecule has 0 aromatic heterocycles. The van der Waals surface area contributed by atoms with Gasteiger partial charge in [0.15, 0.2) is 6.10 Å². The van der Waals surface area contributed by atoms with Crippen LogP contribution in [0.4, 0.5) is 5.69 Å². The molecule has 0 aliphatic carbocycles. The number of amides is 1. The van der Waals surface area contributed by atoms with Crippen LogP contribution in [-0.2, 0) is 19.6 Å². The van der Waals surface area contributed by atoms with E-state index in [9.17, 15) is 18.0 Å². The van der Waals surface area contributed by atoms with Gasteiger partial charge in [0, 0.05) is 19.8 Å². The number of nitriles is 1. The van der Waals surface area contributed by atoms with Crippen LogP contribution in [0.15, 0.2) is 53.4 Å². The van der Waals surface area contributed by atoms with Crippen molar-refractivity contribution < 1.29 is 22.7 Å². The highest BCUT2D eigenvalue weighted by molar-refractivity contribution is 7.89. The summed E-state index contributed by atoms with van der Waals surface area (Å²) in [5.41, 5.74) is 0.779. The molecule has 0 heterocycles. The van der Waals surface area contributed by atoms with Gasteiger partial charge in [-0.2, -0.15) is 5.26 Å². The number of nitrogens with one attached hydrogen (secondary N) is 1. The van der Waals surface area contributed by atoms with E-state index in [-0.39, 0.29) is 10.5 Å². The monoisotopic (exact) mass is 401 g/mol. The van der Waals surface area contributed by atoms with Crippen molar-refractivity contribution in [3.05, 3.63) is 59.7 Å². The van der Waals surface area contributed by atoms with Gasteiger partial charge in [-0.3, -0.25) is 4.79 Å². The Kier molecular flexibility index (Phi) is 6.51. The summed E-state index contributed by atoms with van der Waals surface area (Å²) < 4.78 is 30.5. The number of carbonyl (C=O) groups is 2. The zero-order valence-electron chi connectivity index (χ0n) is 15.5. The van der Waals surface area contributed by atoms with Crippen molar-refractivity contribution in [3.63, 3.8) is 0 Å². The number of ether oxygens (including phenoxy) is 1. The van der Waals surface area contributed by atoms with Gasteiger partial charge in [-0.05, 0) is 43.3 Å². The molecular formula is C19H19N3O5S. The molecule has 0 aliphatic heterocycles. The molecule has 0 aliphatic rings. The fourth-order valence-electron chi connectivity index (χ4n) is 2.19. The fourth-order valence-corrected chi connectivity index (χ4v) is 3.13. The Hall–Kier alpha value is -3.22. The number of rotatable bonds is 6. The lowest BCUT2D eigenvalue weighted by atomic mass is 10.2. The lowest BCUT2D eigenvalue weighted by Crippen LogP contribution is -2.30. The third-order valence-electron chi connectivity index (χ3n) is 3.76. The van der Waals surface area contributed by atoms with Crippen LogP contribution in [0.25, 0.3) is 0 Å². The average Bonchev–Trinajstić information content (AvgIpc) is 2.67. The minimum Gasteiger partial charge on any atom is -0.449 e. The van der Waals surface area contributed by atoms with Gasteiger partial charge in [0.25, 0.3) is 5.91 Å². The lowest BCUT2D eigenvalue weighted by Gasteiger charge is -2.15. The lowest BCUT2D eigenvalue weighted by molar-refractivity contribution is -0.123. The first-order valence-electron chi connectivity index (χ1n) is 8.19. The Morgan fingerprint density at radius 2 is 1.82 bits per heavy atom. The highest BCUT2D eigenvalue weighted by Gasteiger charge is 2.22. The van der Waals surface area contributed by atoms with Crippen LogP contribution in [-0.4, -0.2) is 44.8 Å². The molecule has 146 valence electrons. The molecule has 2 aromatic carbocycles. The predicted molar refractivity (Wildman–Crippen MR) is 102 cm³/mol. The SMILES string of the molecule is CC(OC(=O)c1cccc(S(=O)(=O)N(C)C)c1)C(=O)Nc1cccc(C#N)c1. The molecule has 1 N–H and O–H groups in total. The summed E-state index contributed by atoms with van der Waals surface area (Å²) >= 11 is 0. The predicted octanol–water partition coefficient (Wildman–Crippen LogP) is 1.99. The van der Waals surface area contributed by atoms with Gasteiger partial charge in [0.05, 0.1) is 22.1 Å². The van der Waals surface area contributed by atoms with Crippen molar-refractivity contribution in [2.45, 2.75) is 17.9 Å². The molecule has 8 nitrogen and oxygen atoms in total. The molecular weight excluding hydrogens is 382 g/mol. The molecule has 2 aromatic rings.